The Bertz CT molecular complexity index is 318. The number of aliphatic carboxylic acids is 1. The molecule has 7 heteroatoms. The van der Waals surface area contributed by atoms with Gasteiger partial charge in [0.25, 0.3) is 0 Å². The largest absolute Gasteiger partial charge is 0.480 e. The lowest BCUT2D eigenvalue weighted by molar-refractivity contribution is -0.150. The summed E-state index contributed by atoms with van der Waals surface area (Å²) in [4.78, 5) is 34.9. The molecule has 0 aromatic heterocycles. The van der Waals surface area contributed by atoms with E-state index in [0.717, 1.165) is 0 Å². The quantitative estimate of drug-likeness (QED) is 0.635. The molecule has 1 saturated heterocycles. The van der Waals surface area contributed by atoms with Gasteiger partial charge in [0.2, 0.25) is 11.8 Å². The van der Waals surface area contributed by atoms with Gasteiger partial charge in [-0.2, -0.15) is 0 Å². The van der Waals surface area contributed by atoms with Crippen LogP contribution in [0.1, 0.15) is 13.3 Å². The summed E-state index contributed by atoms with van der Waals surface area (Å²) in [6, 6.07) is -0.482. The van der Waals surface area contributed by atoms with Gasteiger partial charge in [0.05, 0.1) is 0 Å². The van der Waals surface area contributed by atoms with Crippen LogP contribution in [0.4, 0.5) is 0 Å². The monoisotopic (exact) mass is 244 g/mol. The van der Waals surface area contributed by atoms with Crippen LogP contribution in [-0.2, 0) is 19.1 Å². The summed E-state index contributed by atoms with van der Waals surface area (Å²) < 4.78 is 4.72. The molecule has 7 nitrogen and oxygen atoms in total. The van der Waals surface area contributed by atoms with Gasteiger partial charge in [0.1, 0.15) is 19.3 Å². The zero-order valence-electron chi connectivity index (χ0n) is 9.64. The Kier molecular flexibility index (Phi) is 4.89. The van der Waals surface area contributed by atoms with Crippen molar-refractivity contribution in [2.45, 2.75) is 19.4 Å². The molecule has 0 bridgehead atoms. The highest BCUT2D eigenvalue weighted by Gasteiger charge is 2.31. The molecule has 1 fully saturated rings. The van der Waals surface area contributed by atoms with Crippen LogP contribution in [-0.4, -0.2) is 60.1 Å². The van der Waals surface area contributed by atoms with Crippen LogP contribution >= 0.6 is 0 Å². The van der Waals surface area contributed by atoms with E-state index in [0.29, 0.717) is 19.5 Å². The van der Waals surface area contributed by atoms with Gasteiger partial charge in [-0.25, -0.2) is 4.79 Å². The van der Waals surface area contributed by atoms with Gasteiger partial charge in [-0.3, -0.25) is 9.59 Å². The minimum atomic E-state index is -1.12. The van der Waals surface area contributed by atoms with Gasteiger partial charge < -0.3 is 20.1 Å². The third kappa shape index (κ3) is 3.70. The molecule has 0 radical (unpaired) electrons. The molecule has 1 heterocycles. The second-order valence-corrected chi connectivity index (χ2v) is 3.69. The van der Waals surface area contributed by atoms with Crippen LogP contribution in [0.3, 0.4) is 0 Å². The third-order valence-corrected chi connectivity index (χ3v) is 2.49. The SMILES string of the molecule is CCC1C(=O)NCCN1C(=O)COCC(=O)O. The fourth-order valence-electron chi connectivity index (χ4n) is 1.73. The number of hydrogen-bond acceptors (Lipinski definition) is 4. The first-order valence-corrected chi connectivity index (χ1v) is 5.43. The van der Waals surface area contributed by atoms with E-state index in [4.69, 9.17) is 9.84 Å². The topological polar surface area (TPSA) is 95.9 Å². The predicted octanol–water partition coefficient (Wildman–Crippen LogP) is -1.18. The Labute approximate surface area is 98.7 Å². The molecule has 0 spiro atoms. The highest BCUT2D eigenvalue weighted by Crippen LogP contribution is 2.08. The molecular weight excluding hydrogens is 228 g/mol. The zero-order chi connectivity index (χ0) is 12.8. The summed E-state index contributed by atoms with van der Waals surface area (Å²) in [6.45, 7) is 1.84. The van der Waals surface area contributed by atoms with Crippen molar-refractivity contribution >= 4 is 17.8 Å². The number of carboxylic acids is 1. The molecule has 2 amide bonds. The minimum absolute atomic E-state index is 0.176. The van der Waals surface area contributed by atoms with Crippen molar-refractivity contribution in [3.05, 3.63) is 0 Å². The summed E-state index contributed by atoms with van der Waals surface area (Å²) in [5.41, 5.74) is 0. The number of rotatable bonds is 5. The van der Waals surface area contributed by atoms with Crippen LogP contribution in [0, 0.1) is 0 Å². The lowest BCUT2D eigenvalue weighted by atomic mass is 10.1. The van der Waals surface area contributed by atoms with E-state index < -0.39 is 18.6 Å². The molecule has 0 aliphatic carbocycles. The number of ether oxygens (including phenoxy) is 1. The van der Waals surface area contributed by atoms with Crippen molar-refractivity contribution in [1.82, 2.24) is 10.2 Å². The number of hydrogen-bond donors (Lipinski definition) is 2. The lowest BCUT2D eigenvalue weighted by Crippen LogP contribution is -2.57. The van der Waals surface area contributed by atoms with Crippen molar-refractivity contribution in [1.29, 1.82) is 0 Å². The van der Waals surface area contributed by atoms with E-state index in [2.05, 4.69) is 5.32 Å². The minimum Gasteiger partial charge on any atom is -0.480 e. The van der Waals surface area contributed by atoms with Crippen LogP contribution < -0.4 is 5.32 Å². The van der Waals surface area contributed by atoms with E-state index in [1.54, 1.807) is 0 Å². The number of carbonyl (C=O) groups is 3. The Balaban J connectivity index is 2.48. The zero-order valence-corrected chi connectivity index (χ0v) is 9.64. The van der Waals surface area contributed by atoms with E-state index in [1.165, 1.54) is 4.90 Å². The van der Waals surface area contributed by atoms with Gasteiger partial charge >= 0.3 is 5.97 Å². The first-order valence-electron chi connectivity index (χ1n) is 5.43. The molecule has 2 N–H and O–H groups in total. The van der Waals surface area contributed by atoms with E-state index in [-0.39, 0.29) is 18.4 Å². The highest BCUT2D eigenvalue weighted by molar-refractivity contribution is 5.89. The van der Waals surface area contributed by atoms with Crippen molar-refractivity contribution < 1.29 is 24.2 Å². The highest BCUT2D eigenvalue weighted by atomic mass is 16.5. The van der Waals surface area contributed by atoms with Crippen LogP contribution in [0.15, 0.2) is 0 Å². The average Bonchev–Trinajstić information content (AvgIpc) is 2.28. The predicted molar refractivity (Wildman–Crippen MR) is 57.3 cm³/mol. The Hall–Kier alpha value is -1.63. The van der Waals surface area contributed by atoms with Gasteiger partial charge in [-0.05, 0) is 6.42 Å². The number of piperazine rings is 1. The van der Waals surface area contributed by atoms with E-state index in [9.17, 15) is 14.4 Å². The van der Waals surface area contributed by atoms with Gasteiger partial charge in [-0.1, -0.05) is 6.92 Å². The summed E-state index contributed by atoms with van der Waals surface area (Å²) in [5, 5.41) is 11.0. The van der Waals surface area contributed by atoms with Crippen molar-refractivity contribution in [3.63, 3.8) is 0 Å². The molecule has 0 saturated carbocycles. The fourth-order valence-corrected chi connectivity index (χ4v) is 1.73. The first-order chi connectivity index (χ1) is 8.06. The summed E-state index contributed by atoms with van der Waals surface area (Å²) >= 11 is 0. The maximum atomic E-state index is 11.7. The smallest absolute Gasteiger partial charge is 0.329 e. The van der Waals surface area contributed by atoms with E-state index in [1.807, 2.05) is 6.92 Å². The lowest BCUT2D eigenvalue weighted by Gasteiger charge is -2.34. The van der Waals surface area contributed by atoms with E-state index >= 15 is 0 Å². The van der Waals surface area contributed by atoms with Gasteiger partial charge in [0, 0.05) is 13.1 Å². The van der Waals surface area contributed by atoms with Crippen LogP contribution in [0.5, 0.6) is 0 Å². The third-order valence-electron chi connectivity index (χ3n) is 2.49. The number of carbonyl (C=O) groups excluding carboxylic acids is 2. The molecule has 0 aromatic rings. The van der Waals surface area contributed by atoms with Crippen molar-refractivity contribution in [3.8, 4) is 0 Å². The maximum Gasteiger partial charge on any atom is 0.329 e. The summed E-state index contributed by atoms with van der Waals surface area (Å²) in [7, 11) is 0. The Morgan fingerprint density at radius 1 is 1.53 bits per heavy atom. The Morgan fingerprint density at radius 3 is 2.82 bits per heavy atom. The maximum absolute atomic E-state index is 11.7. The number of carboxylic acid groups (broad SMARTS) is 1. The molecule has 1 unspecified atom stereocenters. The molecule has 17 heavy (non-hydrogen) atoms. The molecule has 1 atom stereocenters. The first kappa shape index (κ1) is 13.4. The molecular formula is C10H16N2O5. The standard InChI is InChI=1S/C10H16N2O5/c1-2-7-10(16)11-3-4-12(7)8(13)5-17-6-9(14)15/h7H,2-6H2,1H3,(H,11,16)(H,14,15). The second kappa shape index (κ2) is 6.19. The molecule has 1 aliphatic rings. The second-order valence-electron chi connectivity index (χ2n) is 3.69. The van der Waals surface area contributed by atoms with Gasteiger partial charge in [0.15, 0.2) is 0 Å². The number of amides is 2. The van der Waals surface area contributed by atoms with Crippen LogP contribution in [0.25, 0.3) is 0 Å². The van der Waals surface area contributed by atoms with Crippen molar-refractivity contribution in [2.24, 2.45) is 0 Å². The van der Waals surface area contributed by atoms with Crippen LogP contribution in [0.2, 0.25) is 0 Å². The fraction of sp³-hybridized carbons (Fsp3) is 0.700. The molecule has 1 aliphatic heterocycles. The van der Waals surface area contributed by atoms with Crippen molar-refractivity contribution in [2.75, 3.05) is 26.3 Å². The number of nitrogens with one attached hydrogen (secondary N) is 1. The summed E-state index contributed by atoms with van der Waals surface area (Å²) in [5.74, 6) is -1.65. The Morgan fingerprint density at radius 2 is 2.24 bits per heavy atom. The normalized spacial score (nSPS) is 19.9. The number of nitrogens with zero attached hydrogens (tertiary/aromatic N) is 1. The molecule has 96 valence electrons. The molecule has 0 aromatic carbocycles. The average molecular weight is 244 g/mol. The molecule has 1 rings (SSSR count). The summed E-state index contributed by atoms with van der Waals surface area (Å²) in [6.07, 6.45) is 0.524. The van der Waals surface area contributed by atoms with Gasteiger partial charge in [-0.15, -0.1) is 0 Å².